The Balaban J connectivity index is 1.28. The molecular weight excluding hydrogens is 681 g/mol. The number of benzene rings is 4. The number of ketones is 1. The number of hydrogen-bond acceptors (Lipinski definition) is 10. The second-order valence-corrected chi connectivity index (χ2v) is 13.4. The highest BCUT2D eigenvalue weighted by Gasteiger charge is 2.48. The number of halogens is 2. The lowest BCUT2D eigenvalue weighted by atomic mass is 9.95. The summed E-state index contributed by atoms with van der Waals surface area (Å²) in [5.41, 5.74) is 1.56. The number of aliphatic hydroxyl groups is 1. The summed E-state index contributed by atoms with van der Waals surface area (Å²) >= 11 is 14.9. The predicted molar refractivity (Wildman–Crippen MR) is 181 cm³/mol. The fraction of sp³-hybridized carbons (Fsp3) is 0.118. The first-order valence-electron chi connectivity index (χ1n) is 14.3. The molecule has 5 aromatic rings. The molecule has 1 aromatic heterocycles. The van der Waals surface area contributed by atoms with Crippen molar-refractivity contribution in [2.75, 3.05) is 18.1 Å². The van der Waals surface area contributed by atoms with Gasteiger partial charge in [0.05, 0.1) is 11.6 Å². The molecule has 0 radical (unpaired) electrons. The largest absolute Gasteiger partial charge is 0.507 e. The van der Waals surface area contributed by atoms with Gasteiger partial charge in [0.2, 0.25) is 5.13 Å². The van der Waals surface area contributed by atoms with Gasteiger partial charge < -0.3 is 19.3 Å². The topological polar surface area (TPSA) is 111 Å². The van der Waals surface area contributed by atoms with E-state index in [4.69, 9.17) is 37.4 Å². The van der Waals surface area contributed by atoms with Gasteiger partial charge in [-0.3, -0.25) is 14.5 Å². The zero-order valence-corrected chi connectivity index (χ0v) is 27.4. The molecule has 1 atom stereocenters. The molecule has 0 spiro atoms. The fourth-order valence-corrected chi connectivity index (χ4v) is 7.63. The summed E-state index contributed by atoms with van der Waals surface area (Å²) in [5, 5.41) is 21.5. The molecule has 2 aliphatic rings. The Morgan fingerprint density at radius 2 is 1.70 bits per heavy atom. The van der Waals surface area contributed by atoms with Gasteiger partial charge in [0.1, 0.15) is 30.5 Å². The number of fused-ring (bicyclic) bond motifs is 1. The Kier molecular flexibility index (Phi) is 8.78. The molecule has 3 heterocycles. The van der Waals surface area contributed by atoms with E-state index in [1.165, 1.54) is 16.7 Å². The van der Waals surface area contributed by atoms with Crippen LogP contribution in [0.4, 0.5) is 5.13 Å². The average molecular weight is 705 g/mol. The molecular formula is C34H23Cl2N3O6S2. The van der Waals surface area contributed by atoms with Gasteiger partial charge in [0.15, 0.2) is 15.8 Å². The number of aliphatic hydroxyl groups excluding tert-OH is 1. The number of amides is 1. The number of carbonyl (C=O) groups is 2. The van der Waals surface area contributed by atoms with Gasteiger partial charge in [-0.25, -0.2) is 0 Å². The van der Waals surface area contributed by atoms with E-state index >= 15 is 0 Å². The highest BCUT2D eigenvalue weighted by Crippen LogP contribution is 2.45. The zero-order valence-electron chi connectivity index (χ0n) is 24.3. The summed E-state index contributed by atoms with van der Waals surface area (Å²) in [4.78, 5) is 28.8. The van der Waals surface area contributed by atoms with Crippen molar-refractivity contribution in [1.82, 2.24) is 10.2 Å². The molecule has 7 rings (SSSR count). The fourth-order valence-electron chi connectivity index (χ4n) is 5.20. The minimum atomic E-state index is -1.04. The minimum Gasteiger partial charge on any atom is -0.507 e. The van der Waals surface area contributed by atoms with Crippen LogP contribution in [-0.2, 0) is 15.3 Å². The lowest BCUT2D eigenvalue weighted by Gasteiger charge is -2.23. The van der Waals surface area contributed by atoms with Crippen LogP contribution >= 0.6 is 46.3 Å². The van der Waals surface area contributed by atoms with Crippen LogP contribution in [0.15, 0.2) is 101 Å². The van der Waals surface area contributed by atoms with E-state index < -0.39 is 17.7 Å². The molecule has 0 aliphatic carbocycles. The highest BCUT2D eigenvalue weighted by atomic mass is 35.5. The van der Waals surface area contributed by atoms with Gasteiger partial charge in [-0.15, -0.1) is 10.2 Å². The first-order chi connectivity index (χ1) is 22.9. The zero-order chi connectivity index (χ0) is 32.5. The van der Waals surface area contributed by atoms with Crippen molar-refractivity contribution in [1.29, 1.82) is 0 Å². The summed E-state index contributed by atoms with van der Waals surface area (Å²) in [6.07, 6.45) is 0. The van der Waals surface area contributed by atoms with E-state index in [1.807, 2.05) is 36.4 Å². The molecule has 236 valence electrons. The third kappa shape index (κ3) is 6.39. The molecule has 47 heavy (non-hydrogen) atoms. The molecule has 1 unspecified atom stereocenters. The van der Waals surface area contributed by atoms with Gasteiger partial charge in [-0.2, -0.15) is 0 Å². The van der Waals surface area contributed by atoms with Crippen molar-refractivity contribution < 1.29 is 28.9 Å². The van der Waals surface area contributed by atoms with Crippen LogP contribution in [0.3, 0.4) is 0 Å². The molecule has 13 heteroatoms. The van der Waals surface area contributed by atoms with E-state index in [0.717, 1.165) is 16.9 Å². The first kappa shape index (κ1) is 31.1. The van der Waals surface area contributed by atoms with Crippen LogP contribution < -0.4 is 19.1 Å². The minimum absolute atomic E-state index is 0.110. The molecule has 1 N–H and O–H groups in total. The normalized spacial score (nSPS) is 16.8. The summed E-state index contributed by atoms with van der Waals surface area (Å²) in [5.74, 6) is 0.444. The van der Waals surface area contributed by atoms with Gasteiger partial charge >= 0.3 is 5.91 Å². The number of ether oxygens (including phenoxy) is 3. The number of carbonyl (C=O) groups excluding carboxylic acids is 2. The number of anilines is 1. The summed E-state index contributed by atoms with van der Waals surface area (Å²) < 4.78 is 17.9. The number of hydrogen-bond donors (Lipinski definition) is 1. The highest BCUT2D eigenvalue weighted by molar-refractivity contribution is 8.00. The van der Waals surface area contributed by atoms with E-state index in [2.05, 4.69) is 10.2 Å². The Morgan fingerprint density at radius 1 is 0.915 bits per heavy atom. The maximum absolute atomic E-state index is 13.8. The monoisotopic (exact) mass is 703 g/mol. The molecule has 1 amide bonds. The molecule has 1 saturated heterocycles. The Morgan fingerprint density at radius 3 is 2.51 bits per heavy atom. The number of nitrogens with zero attached hydrogens (tertiary/aromatic N) is 3. The van der Waals surface area contributed by atoms with Crippen molar-refractivity contribution in [3.63, 3.8) is 0 Å². The van der Waals surface area contributed by atoms with Crippen LogP contribution in [0.2, 0.25) is 10.0 Å². The second kappa shape index (κ2) is 13.3. The Labute approximate surface area is 287 Å². The lowest BCUT2D eigenvalue weighted by Crippen LogP contribution is -2.29. The van der Waals surface area contributed by atoms with Crippen LogP contribution in [0.1, 0.15) is 22.7 Å². The first-order valence-corrected chi connectivity index (χ1v) is 16.9. The standard InChI is InChI=1S/C34H23Cl2N3O6S2/c35-22-11-9-21(25(36)17-22)18-46-34-38-37-33(47-34)39-29(19-5-4-8-24(15-19)45-23-6-2-1-3-7-23)28(31(41)32(39)42)30(40)20-10-12-26-27(16-20)44-14-13-43-26/h1-12,15-17,29,40H,13-14,18H2/b30-28+. The van der Waals surface area contributed by atoms with E-state index in [9.17, 15) is 14.7 Å². The number of para-hydroxylation sites is 1. The molecule has 0 saturated carbocycles. The van der Waals surface area contributed by atoms with Crippen molar-refractivity contribution in [2.24, 2.45) is 0 Å². The molecule has 4 aromatic carbocycles. The molecule has 1 fully saturated rings. The quantitative estimate of drug-likeness (QED) is 0.0561. The Hall–Kier alpha value is -4.55. The van der Waals surface area contributed by atoms with Gasteiger partial charge in [-0.1, -0.05) is 82.7 Å². The van der Waals surface area contributed by atoms with Crippen LogP contribution in [0.25, 0.3) is 5.76 Å². The third-order valence-corrected chi connectivity index (χ3v) is 10.1. The second-order valence-electron chi connectivity index (χ2n) is 10.4. The third-order valence-electron chi connectivity index (χ3n) is 7.38. The summed E-state index contributed by atoms with van der Waals surface area (Å²) in [6.45, 7) is 0.747. The van der Waals surface area contributed by atoms with Crippen LogP contribution in [-0.4, -0.2) is 40.2 Å². The van der Waals surface area contributed by atoms with Crippen molar-refractivity contribution >= 4 is 68.9 Å². The number of Topliss-reactive ketones (excluding diaryl/α,β-unsaturated/α-hetero) is 1. The number of rotatable bonds is 8. The lowest BCUT2D eigenvalue weighted by molar-refractivity contribution is -0.132. The van der Waals surface area contributed by atoms with Gasteiger partial charge in [0, 0.05) is 21.4 Å². The van der Waals surface area contributed by atoms with E-state index in [1.54, 1.807) is 54.6 Å². The molecule has 2 aliphatic heterocycles. The maximum Gasteiger partial charge on any atom is 0.301 e. The SMILES string of the molecule is O=C1C(=O)N(c2nnc(SCc3ccc(Cl)cc3Cl)s2)C(c2cccc(Oc3ccccc3)c2)/C1=C(\O)c1ccc2c(c1)OCCO2. The maximum atomic E-state index is 13.8. The molecule has 9 nitrogen and oxygen atoms in total. The van der Waals surface area contributed by atoms with Gasteiger partial charge in [0.25, 0.3) is 5.78 Å². The average Bonchev–Trinajstić information content (AvgIpc) is 3.66. The van der Waals surface area contributed by atoms with E-state index in [0.29, 0.717) is 67.5 Å². The van der Waals surface area contributed by atoms with Crippen molar-refractivity contribution in [3.8, 4) is 23.0 Å². The van der Waals surface area contributed by atoms with Gasteiger partial charge in [-0.05, 0) is 65.7 Å². The van der Waals surface area contributed by atoms with Crippen LogP contribution in [0, 0.1) is 0 Å². The number of thioether (sulfide) groups is 1. The van der Waals surface area contributed by atoms with Crippen molar-refractivity contribution in [3.05, 3.63) is 123 Å². The van der Waals surface area contributed by atoms with Crippen molar-refractivity contribution in [2.45, 2.75) is 16.1 Å². The smallest absolute Gasteiger partial charge is 0.301 e. The summed E-state index contributed by atoms with van der Waals surface area (Å²) in [7, 11) is 0. The van der Waals surface area contributed by atoms with E-state index in [-0.39, 0.29) is 16.5 Å². The number of aromatic nitrogens is 2. The predicted octanol–water partition coefficient (Wildman–Crippen LogP) is 8.33. The van der Waals surface area contributed by atoms with Crippen LogP contribution in [0.5, 0.6) is 23.0 Å². The molecule has 0 bridgehead atoms. The summed E-state index contributed by atoms with van der Waals surface area (Å²) in [6, 6.07) is 25.3. The Bertz CT molecular complexity index is 2040.